The molecule has 0 saturated heterocycles. The molecule has 0 amide bonds. The Morgan fingerprint density at radius 3 is 2.67 bits per heavy atom. The van der Waals surface area contributed by atoms with E-state index in [0.29, 0.717) is 16.1 Å². The molecule has 100 valence electrons. The van der Waals surface area contributed by atoms with Crippen molar-refractivity contribution in [2.24, 2.45) is 5.41 Å². The first-order valence-electron chi connectivity index (χ1n) is 6.30. The van der Waals surface area contributed by atoms with E-state index in [1.807, 2.05) is 13.1 Å². The third-order valence-electron chi connectivity index (χ3n) is 4.26. The zero-order chi connectivity index (χ0) is 13.3. The van der Waals surface area contributed by atoms with Crippen molar-refractivity contribution < 1.29 is 4.74 Å². The molecule has 0 radical (unpaired) electrons. The highest BCUT2D eigenvalue weighted by Gasteiger charge is 2.51. The number of benzene rings is 1. The number of halogens is 2. The quantitative estimate of drug-likeness (QED) is 0.898. The second kappa shape index (κ2) is 5.28. The van der Waals surface area contributed by atoms with E-state index in [9.17, 15) is 0 Å². The molecule has 0 heterocycles. The van der Waals surface area contributed by atoms with E-state index in [1.165, 1.54) is 0 Å². The average Bonchev–Trinajstić information content (AvgIpc) is 2.37. The third-order valence-corrected chi connectivity index (χ3v) is 5.00. The minimum atomic E-state index is 0.181. The Hall–Kier alpha value is -0.440. The highest BCUT2D eigenvalue weighted by molar-refractivity contribution is 6.42. The van der Waals surface area contributed by atoms with Crippen LogP contribution in [0.15, 0.2) is 18.2 Å². The Balaban J connectivity index is 2.08. The molecule has 4 heteroatoms. The van der Waals surface area contributed by atoms with Crippen molar-refractivity contribution in [3.8, 4) is 5.75 Å². The van der Waals surface area contributed by atoms with Gasteiger partial charge in [-0.15, -0.1) is 0 Å². The summed E-state index contributed by atoms with van der Waals surface area (Å²) in [5.41, 5.74) is 0.181. The zero-order valence-electron chi connectivity index (χ0n) is 11.0. The number of rotatable bonds is 4. The molecule has 1 aromatic rings. The van der Waals surface area contributed by atoms with Crippen LogP contribution < -0.4 is 10.1 Å². The third kappa shape index (κ3) is 2.34. The zero-order valence-corrected chi connectivity index (χ0v) is 12.5. The van der Waals surface area contributed by atoms with Gasteiger partial charge >= 0.3 is 0 Å². The maximum atomic E-state index is 6.04. The fourth-order valence-electron chi connectivity index (χ4n) is 2.64. The van der Waals surface area contributed by atoms with Gasteiger partial charge in [-0.05, 0) is 25.6 Å². The van der Waals surface area contributed by atoms with Crippen molar-refractivity contribution in [2.75, 3.05) is 7.05 Å². The van der Waals surface area contributed by atoms with E-state index in [-0.39, 0.29) is 11.5 Å². The fourth-order valence-corrected chi connectivity index (χ4v) is 2.92. The minimum absolute atomic E-state index is 0.181. The summed E-state index contributed by atoms with van der Waals surface area (Å²) in [5.74, 6) is 0.795. The summed E-state index contributed by atoms with van der Waals surface area (Å²) in [5, 5.41) is 4.45. The van der Waals surface area contributed by atoms with Gasteiger partial charge in [0.15, 0.2) is 0 Å². The van der Waals surface area contributed by atoms with Crippen LogP contribution >= 0.6 is 23.2 Å². The van der Waals surface area contributed by atoms with E-state index < -0.39 is 0 Å². The number of nitrogens with one attached hydrogen (secondary N) is 1. The van der Waals surface area contributed by atoms with E-state index in [2.05, 4.69) is 19.2 Å². The molecule has 3 unspecified atom stereocenters. The van der Waals surface area contributed by atoms with Crippen molar-refractivity contribution in [3.63, 3.8) is 0 Å². The second-order valence-corrected chi connectivity index (χ2v) is 5.93. The van der Waals surface area contributed by atoms with Gasteiger partial charge in [-0.3, -0.25) is 0 Å². The van der Waals surface area contributed by atoms with Crippen LogP contribution in [0.5, 0.6) is 5.75 Å². The van der Waals surface area contributed by atoms with Gasteiger partial charge in [-0.25, -0.2) is 0 Å². The van der Waals surface area contributed by atoms with E-state index >= 15 is 0 Å². The molecule has 1 aliphatic carbocycles. The van der Waals surface area contributed by atoms with E-state index in [1.54, 1.807) is 12.1 Å². The highest BCUT2D eigenvalue weighted by atomic mass is 35.5. The molecular formula is C14H19Cl2NO. The van der Waals surface area contributed by atoms with Crippen molar-refractivity contribution in [3.05, 3.63) is 28.2 Å². The maximum absolute atomic E-state index is 6.04. The van der Waals surface area contributed by atoms with Crippen molar-refractivity contribution in [1.82, 2.24) is 5.32 Å². The van der Waals surface area contributed by atoms with Gasteiger partial charge in [0.05, 0.1) is 10.0 Å². The first-order valence-corrected chi connectivity index (χ1v) is 7.05. The average molecular weight is 288 g/mol. The lowest BCUT2D eigenvalue weighted by molar-refractivity contribution is -0.0677. The van der Waals surface area contributed by atoms with Crippen LogP contribution in [-0.2, 0) is 0 Å². The summed E-state index contributed by atoms with van der Waals surface area (Å²) in [6.45, 7) is 4.47. The fraction of sp³-hybridized carbons (Fsp3) is 0.571. The minimum Gasteiger partial charge on any atom is -0.490 e. The van der Waals surface area contributed by atoms with Gasteiger partial charge in [-0.1, -0.05) is 37.0 Å². The number of hydrogen-bond acceptors (Lipinski definition) is 2. The summed E-state index contributed by atoms with van der Waals surface area (Å²) >= 11 is 11.9. The standard InChI is InChI=1S/C14H19Cl2NO/c1-4-14(2)12(17-3)8-13(14)18-9-5-6-10(15)11(16)7-9/h5-7,12-13,17H,4,8H2,1-3H3. The summed E-state index contributed by atoms with van der Waals surface area (Å²) in [4.78, 5) is 0. The molecule has 0 spiro atoms. The topological polar surface area (TPSA) is 21.3 Å². The lowest BCUT2D eigenvalue weighted by Crippen LogP contribution is -2.62. The Bertz CT molecular complexity index is 438. The first-order chi connectivity index (χ1) is 8.51. The van der Waals surface area contributed by atoms with Crippen molar-refractivity contribution in [2.45, 2.75) is 38.8 Å². The van der Waals surface area contributed by atoms with Crippen LogP contribution in [0.2, 0.25) is 10.0 Å². The van der Waals surface area contributed by atoms with Crippen molar-refractivity contribution >= 4 is 23.2 Å². The largest absolute Gasteiger partial charge is 0.490 e. The van der Waals surface area contributed by atoms with Crippen LogP contribution in [-0.4, -0.2) is 19.2 Å². The highest BCUT2D eigenvalue weighted by Crippen LogP contribution is 2.46. The number of ether oxygens (including phenoxy) is 1. The molecule has 0 aromatic heterocycles. The molecule has 2 nitrogen and oxygen atoms in total. The summed E-state index contributed by atoms with van der Waals surface area (Å²) < 4.78 is 6.04. The normalized spacial score (nSPS) is 30.9. The SMILES string of the molecule is CCC1(C)C(NC)CC1Oc1ccc(Cl)c(Cl)c1. The molecule has 1 aliphatic rings. The molecule has 1 aromatic carbocycles. The van der Waals surface area contributed by atoms with Crippen LogP contribution in [0.3, 0.4) is 0 Å². The monoisotopic (exact) mass is 287 g/mol. The Morgan fingerprint density at radius 1 is 1.39 bits per heavy atom. The lowest BCUT2D eigenvalue weighted by atomic mass is 9.61. The van der Waals surface area contributed by atoms with Gasteiger partial charge < -0.3 is 10.1 Å². The molecule has 18 heavy (non-hydrogen) atoms. The Morgan fingerprint density at radius 2 is 2.11 bits per heavy atom. The summed E-state index contributed by atoms with van der Waals surface area (Å²) in [6, 6.07) is 5.95. The first kappa shape index (κ1) is 14.0. The van der Waals surface area contributed by atoms with Crippen molar-refractivity contribution in [1.29, 1.82) is 0 Å². The van der Waals surface area contributed by atoms with Crippen LogP contribution in [0.25, 0.3) is 0 Å². The van der Waals surface area contributed by atoms with Gasteiger partial charge in [0.1, 0.15) is 11.9 Å². The molecule has 1 saturated carbocycles. The van der Waals surface area contributed by atoms with Crippen LogP contribution in [0.1, 0.15) is 26.7 Å². The second-order valence-electron chi connectivity index (χ2n) is 5.12. The predicted octanol–water partition coefficient (Wildman–Crippen LogP) is 4.15. The van der Waals surface area contributed by atoms with E-state index in [0.717, 1.165) is 18.6 Å². The number of hydrogen-bond donors (Lipinski definition) is 1. The molecule has 1 N–H and O–H groups in total. The lowest BCUT2D eigenvalue weighted by Gasteiger charge is -2.53. The Kier molecular flexibility index (Phi) is 4.10. The van der Waals surface area contributed by atoms with Gasteiger partial charge in [0, 0.05) is 23.9 Å². The molecular weight excluding hydrogens is 269 g/mol. The molecule has 0 bridgehead atoms. The van der Waals surface area contributed by atoms with Crippen LogP contribution in [0, 0.1) is 5.41 Å². The molecule has 3 atom stereocenters. The predicted molar refractivity (Wildman–Crippen MR) is 76.7 cm³/mol. The van der Waals surface area contributed by atoms with Gasteiger partial charge in [0.25, 0.3) is 0 Å². The molecule has 0 aliphatic heterocycles. The van der Waals surface area contributed by atoms with Gasteiger partial charge in [-0.2, -0.15) is 0 Å². The molecule has 2 rings (SSSR count). The van der Waals surface area contributed by atoms with Crippen LogP contribution in [0.4, 0.5) is 0 Å². The van der Waals surface area contributed by atoms with Gasteiger partial charge in [0.2, 0.25) is 0 Å². The summed E-state index contributed by atoms with van der Waals surface area (Å²) in [7, 11) is 2.01. The Labute approximate surface area is 119 Å². The smallest absolute Gasteiger partial charge is 0.121 e. The summed E-state index contributed by atoms with van der Waals surface area (Å²) in [6.07, 6.45) is 2.35. The van der Waals surface area contributed by atoms with E-state index in [4.69, 9.17) is 27.9 Å². The molecule has 1 fully saturated rings. The maximum Gasteiger partial charge on any atom is 0.121 e.